The third-order valence-corrected chi connectivity index (χ3v) is 4.03. The van der Waals surface area contributed by atoms with E-state index < -0.39 is 0 Å². The maximum atomic E-state index is 13.1. The standard InChI is InChI=1S/C14H18FN3S/c1-3-18-9-11(8-17-18)14(16-2)10-19-13-6-4-5-12(15)7-13/h4-9,14,16H,3,10H2,1-2H3. The summed E-state index contributed by atoms with van der Waals surface area (Å²) in [4.78, 5) is 0.947. The van der Waals surface area contributed by atoms with E-state index in [4.69, 9.17) is 0 Å². The van der Waals surface area contributed by atoms with Gasteiger partial charge in [-0.05, 0) is 32.2 Å². The van der Waals surface area contributed by atoms with Crippen molar-refractivity contribution in [2.75, 3.05) is 12.8 Å². The van der Waals surface area contributed by atoms with Gasteiger partial charge < -0.3 is 5.32 Å². The topological polar surface area (TPSA) is 29.9 Å². The van der Waals surface area contributed by atoms with E-state index in [1.807, 2.05) is 30.2 Å². The molecule has 0 saturated carbocycles. The highest BCUT2D eigenvalue weighted by Gasteiger charge is 2.12. The highest BCUT2D eigenvalue weighted by Crippen LogP contribution is 2.24. The average Bonchev–Trinajstić information content (AvgIpc) is 2.88. The summed E-state index contributed by atoms with van der Waals surface area (Å²) in [5, 5.41) is 7.55. The highest BCUT2D eigenvalue weighted by atomic mass is 32.2. The second-order valence-electron chi connectivity index (χ2n) is 4.24. The lowest BCUT2D eigenvalue weighted by atomic mass is 10.2. The van der Waals surface area contributed by atoms with Crippen molar-refractivity contribution in [3.8, 4) is 0 Å². The molecule has 102 valence electrons. The summed E-state index contributed by atoms with van der Waals surface area (Å²) in [7, 11) is 1.93. The Hall–Kier alpha value is -1.33. The number of thioether (sulfide) groups is 1. The Balaban J connectivity index is 1.99. The molecule has 0 bridgehead atoms. The van der Waals surface area contributed by atoms with Gasteiger partial charge in [0.1, 0.15) is 5.82 Å². The smallest absolute Gasteiger partial charge is 0.124 e. The number of rotatable bonds is 6. The number of nitrogens with one attached hydrogen (secondary N) is 1. The minimum atomic E-state index is -0.190. The summed E-state index contributed by atoms with van der Waals surface area (Å²) < 4.78 is 15.0. The zero-order chi connectivity index (χ0) is 13.7. The molecule has 2 aromatic rings. The fourth-order valence-electron chi connectivity index (χ4n) is 1.82. The SMILES string of the molecule is CCn1cc(C(CSc2cccc(F)c2)NC)cn1. The molecule has 0 aliphatic carbocycles. The van der Waals surface area contributed by atoms with Crippen molar-refractivity contribution in [2.24, 2.45) is 0 Å². The van der Waals surface area contributed by atoms with Crippen molar-refractivity contribution in [3.05, 3.63) is 48.0 Å². The molecule has 1 aromatic heterocycles. The Labute approximate surface area is 117 Å². The predicted octanol–water partition coefficient (Wildman–Crippen LogP) is 3.09. The van der Waals surface area contributed by atoms with Gasteiger partial charge in [0, 0.05) is 35.0 Å². The third kappa shape index (κ3) is 3.81. The Kier molecular flexibility index (Phi) is 4.99. The van der Waals surface area contributed by atoms with E-state index in [1.165, 1.54) is 6.07 Å². The first-order valence-electron chi connectivity index (χ1n) is 6.31. The molecular formula is C14H18FN3S. The van der Waals surface area contributed by atoms with Gasteiger partial charge >= 0.3 is 0 Å². The summed E-state index contributed by atoms with van der Waals surface area (Å²) in [6, 6.07) is 6.91. The molecule has 0 aliphatic heterocycles. The molecule has 0 saturated heterocycles. The van der Waals surface area contributed by atoms with Crippen molar-refractivity contribution < 1.29 is 4.39 Å². The van der Waals surface area contributed by atoms with Crippen LogP contribution in [-0.2, 0) is 6.54 Å². The molecule has 1 heterocycles. The lowest BCUT2D eigenvalue weighted by molar-refractivity contribution is 0.624. The molecule has 0 radical (unpaired) electrons. The van der Waals surface area contributed by atoms with E-state index >= 15 is 0 Å². The first kappa shape index (κ1) is 14.1. The summed E-state index contributed by atoms with van der Waals surface area (Å²) >= 11 is 1.64. The predicted molar refractivity (Wildman–Crippen MR) is 76.8 cm³/mol. The number of nitrogens with zero attached hydrogens (tertiary/aromatic N) is 2. The molecule has 0 amide bonds. The van der Waals surface area contributed by atoms with E-state index in [0.29, 0.717) is 0 Å². The number of aromatic nitrogens is 2. The summed E-state index contributed by atoms with van der Waals surface area (Å²) in [6.07, 6.45) is 3.93. The molecular weight excluding hydrogens is 261 g/mol. The van der Waals surface area contributed by atoms with Crippen LogP contribution in [0.3, 0.4) is 0 Å². The van der Waals surface area contributed by atoms with Crippen LogP contribution < -0.4 is 5.32 Å². The number of aryl methyl sites for hydroxylation is 1. The van der Waals surface area contributed by atoms with Gasteiger partial charge in [0.2, 0.25) is 0 Å². The molecule has 3 nitrogen and oxygen atoms in total. The Morgan fingerprint density at radius 3 is 2.95 bits per heavy atom. The Bertz CT molecular complexity index is 527. The van der Waals surface area contributed by atoms with Gasteiger partial charge in [-0.1, -0.05) is 6.07 Å². The summed E-state index contributed by atoms with van der Waals surface area (Å²) in [5.41, 5.74) is 1.16. The molecule has 1 N–H and O–H groups in total. The van der Waals surface area contributed by atoms with Gasteiger partial charge in [0.15, 0.2) is 0 Å². The van der Waals surface area contributed by atoms with Crippen LogP contribution in [0.15, 0.2) is 41.6 Å². The van der Waals surface area contributed by atoms with Crippen LogP contribution in [0, 0.1) is 5.82 Å². The third-order valence-electron chi connectivity index (χ3n) is 2.94. The number of halogens is 1. The van der Waals surface area contributed by atoms with E-state index in [-0.39, 0.29) is 11.9 Å². The monoisotopic (exact) mass is 279 g/mol. The van der Waals surface area contributed by atoms with Crippen molar-refractivity contribution in [1.82, 2.24) is 15.1 Å². The molecule has 2 rings (SSSR count). The van der Waals surface area contributed by atoms with Crippen molar-refractivity contribution in [2.45, 2.75) is 24.4 Å². The molecule has 1 unspecified atom stereocenters. The highest BCUT2D eigenvalue weighted by molar-refractivity contribution is 7.99. The van der Waals surface area contributed by atoms with Crippen LogP contribution in [0.5, 0.6) is 0 Å². The van der Waals surface area contributed by atoms with Gasteiger partial charge in [0.25, 0.3) is 0 Å². The molecule has 5 heteroatoms. The van der Waals surface area contributed by atoms with Gasteiger partial charge in [-0.2, -0.15) is 5.10 Å². The number of hydrogen-bond acceptors (Lipinski definition) is 3. The zero-order valence-electron chi connectivity index (χ0n) is 11.1. The van der Waals surface area contributed by atoms with E-state index in [1.54, 1.807) is 23.9 Å². The average molecular weight is 279 g/mol. The molecule has 1 atom stereocenters. The quantitative estimate of drug-likeness (QED) is 0.824. The zero-order valence-corrected chi connectivity index (χ0v) is 12.0. The van der Waals surface area contributed by atoms with E-state index in [9.17, 15) is 4.39 Å². The first-order chi connectivity index (χ1) is 9.22. The minimum absolute atomic E-state index is 0.190. The lowest BCUT2D eigenvalue weighted by Crippen LogP contribution is -2.18. The van der Waals surface area contributed by atoms with Crippen LogP contribution in [0.2, 0.25) is 0 Å². The van der Waals surface area contributed by atoms with Crippen LogP contribution in [0.4, 0.5) is 4.39 Å². The van der Waals surface area contributed by atoms with E-state index in [2.05, 4.69) is 17.3 Å². The Morgan fingerprint density at radius 1 is 1.47 bits per heavy atom. The minimum Gasteiger partial charge on any atom is -0.312 e. The summed E-state index contributed by atoms with van der Waals surface area (Å²) in [6.45, 7) is 2.93. The van der Waals surface area contributed by atoms with Crippen molar-refractivity contribution >= 4 is 11.8 Å². The lowest BCUT2D eigenvalue weighted by Gasteiger charge is -2.13. The Morgan fingerprint density at radius 2 is 2.32 bits per heavy atom. The second kappa shape index (κ2) is 6.73. The fraction of sp³-hybridized carbons (Fsp3) is 0.357. The van der Waals surface area contributed by atoms with Gasteiger partial charge in [-0.25, -0.2) is 4.39 Å². The summed E-state index contributed by atoms with van der Waals surface area (Å²) in [5.74, 6) is 0.653. The molecule has 0 fully saturated rings. The molecule has 0 aliphatic rings. The van der Waals surface area contributed by atoms with Gasteiger partial charge in [-0.3, -0.25) is 4.68 Å². The maximum absolute atomic E-state index is 13.1. The van der Waals surface area contributed by atoms with Crippen LogP contribution >= 0.6 is 11.8 Å². The maximum Gasteiger partial charge on any atom is 0.124 e. The van der Waals surface area contributed by atoms with E-state index in [0.717, 1.165) is 22.8 Å². The van der Waals surface area contributed by atoms with Crippen molar-refractivity contribution in [1.29, 1.82) is 0 Å². The fourth-order valence-corrected chi connectivity index (χ4v) is 2.90. The first-order valence-corrected chi connectivity index (χ1v) is 7.29. The number of benzene rings is 1. The van der Waals surface area contributed by atoms with Gasteiger partial charge in [0.05, 0.1) is 6.20 Å². The van der Waals surface area contributed by atoms with Gasteiger partial charge in [-0.15, -0.1) is 11.8 Å². The molecule has 1 aromatic carbocycles. The second-order valence-corrected chi connectivity index (χ2v) is 5.33. The number of hydrogen-bond donors (Lipinski definition) is 1. The van der Waals surface area contributed by atoms with Crippen molar-refractivity contribution in [3.63, 3.8) is 0 Å². The largest absolute Gasteiger partial charge is 0.312 e. The van der Waals surface area contributed by atoms with Crippen LogP contribution in [-0.4, -0.2) is 22.6 Å². The molecule has 0 spiro atoms. The van der Waals surface area contributed by atoms with Crippen LogP contribution in [0.25, 0.3) is 0 Å². The van der Waals surface area contributed by atoms with Crippen LogP contribution in [0.1, 0.15) is 18.5 Å². The molecule has 19 heavy (non-hydrogen) atoms. The normalized spacial score (nSPS) is 12.6.